The molecule has 25 heavy (non-hydrogen) atoms. The largest absolute Gasteiger partial charge is 0.497 e. The highest BCUT2D eigenvalue weighted by molar-refractivity contribution is 6.12. The second-order valence-corrected chi connectivity index (χ2v) is 5.74. The first-order valence-electron chi connectivity index (χ1n) is 7.89. The summed E-state index contributed by atoms with van der Waals surface area (Å²) in [6, 6.07) is 14.5. The van der Waals surface area contributed by atoms with Crippen molar-refractivity contribution in [2.75, 3.05) is 12.0 Å². The Morgan fingerprint density at radius 1 is 1.16 bits per heavy atom. The molecule has 0 aliphatic carbocycles. The minimum absolute atomic E-state index is 0.165. The van der Waals surface area contributed by atoms with E-state index in [-0.39, 0.29) is 18.2 Å². The van der Waals surface area contributed by atoms with Crippen LogP contribution >= 0.6 is 0 Å². The van der Waals surface area contributed by atoms with E-state index in [0.29, 0.717) is 17.7 Å². The number of benzene rings is 2. The third-order valence-electron chi connectivity index (χ3n) is 4.16. The number of amides is 2. The van der Waals surface area contributed by atoms with Crippen LogP contribution in [0.3, 0.4) is 0 Å². The van der Waals surface area contributed by atoms with E-state index in [2.05, 4.69) is 5.32 Å². The molecule has 2 aromatic carbocycles. The van der Waals surface area contributed by atoms with Gasteiger partial charge in [-0.25, -0.2) is 0 Å². The molecule has 1 heterocycles. The number of hydrogen-bond donors (Lipinski definition) is 1. The van der Waals surface area contributed by atoms with Gasteiger partial charge >= 0.3 is 0 Å². The number of anilines is 1. The molecule has 1 N–H and O–H groups in total. The maximum atomic E-state index is 12.4. The van der Waals surface area contributed by atoms with Crippen molar-refractivity contribution in [3.63, 3.8) is 0 Å². The van der Waals surface area contributed by atoms with Gasteiger partial charge in [0.1, 0.15) is 24.1 Å². The molecular weight excluding hydrogens is 320 g/mol. The monoisotopic (exact) mass is 338 g/mol. The van der Waals surface area contributed by atoms with Crippen LogP contribution in [0.4, 0.5) is 5.69 Å². The van der Waals surface area contributed by atoms with Crippen molar-refractivity contribution >= 4 is 23.8 Å². The van der Waals surface area contributed by atoms with E-state index >= 15 is 0 Å². The molecule has 1 aliphatic heterocycles. The lowest BCUT2D eigenvalue weighted by atomic mass is 9.94. The number of carbonyl (C=O) groups is 3. The van der Waals surface area contributed by atoms with Crippen LogP contribution in [0.1, 0.15) is 5.56 Å². The fraction of sp³-hybridized carbons (Fsp3) is 0.211. The summed E-state index contributed by atoms with van der Waals surface area (Å²) >= 11 is 0. The molecule has 2 atom stereocenters. The molecule has 1 saturated heterocycles. The van der Waals surface area contributed by atoms with Gasteiger partial charge in [0.05, 0.1) is 13.5 Å². The Bertz CT molecular complexity index is 774. The lowest BCUT2D eigenvalue weighted by Crippen LogP contribution is -2.72. The van der Waals surface area contributed by atoms with E-state index in [0.717, 1.165) is 5.56 Å². The van der Waals surface area contributed by atoms with Crippen LogP contribution in [0.5, 0.6) is 5.75 Å². The lowest BCUT2D eigenvalue weighted by Gasteiger charge is -2.44. The number of aldehydes is 1. The number of β-lactam (4-membered cyclic amide) rings is 1. The van der Waals surface area contributed by atoms with Gasteiger partial charge in [0.25, 0.3) is 5.91 Å². The number of nitrogens with zero attached hydrogens (tertiary/aromatic N) is 1. The molecule has 128 valence electrons. The van der Waals surface area contributed by atoms with Crippen molar-refractivity contribution in [2.24, 2.45) is 0 Å². The smallest absolute Gasteiger partial charge is 0.252 e. The van der Waals surface area contributed by atoms with Crippen LogP contribution in [-0.2, 0) is 20.8 Å². The molecule has 1 aliphatic rings. The highest BCUT2D eigenvalue weighted by Crippen LogP contribution is 2.29. The van der Waals surface area contributed by atoms with Gasteiger partial charge in [0.2, 0.25) is 5.91 Å². The van der Waals surface area contributed by atoms with E-state index in [4.69, 9.17) is 4.74 Å². The van der Waals surface area contributed by atoms with Crippen LogP contribution in [0.15, 0.2) is 54.6 Å². The van der Waals surface area contributed by atoms with Crippen molar-refractivity contribution in [1.82, 2.24) is 5.32 Å². The predicted molar refractivity (Wildman–Crippen MR) is 92.4 cm³/mol. The zero-order chi connectivity index (χ0) is 17.8. The maximum absolute atomic E-state index is 12.4. The Kier molecular flexibility index (Phi) is 4.79. The number of nitrogens with one attached hydrogen (secondary N) is 1. The summed E-state index contributed by atoms with van der Waals surface area (Å²) in [6.45, 7) is 0. The maximum Gasteiger partial charge on any atom is 0.252 e. The van der Waals surface area contributed by atoms with Crippen LogP contribution in [0.25, 0.3) is 0 Å². The molecule has 6 nitrogen and oxygen atoms in total. The Hall–Kier alpha value is -3.15. The summed E-state index contributed by atoms with van der Waals surface area (Å²) in [5, 5.41) is 2.65. The fourth-order valence-electron chi connectivity index (χ4n) is 2.84. The van der Waals surface area contributed by atoms with E-state index < -0.39 is 12.1 Å². The quantitative estimate of drug-likeness (QED) is 0.637. The fourth-order valence-corrected chi connectivity index (χ4v) is 2.84. The second kappa shape index (κ2) is 7.17. The Morgan fingerprint density at radius 3 is 2.44 bits per heavy atom. The molecule has 6 heteroatoms. The minimum Gasteiger partial charge on any atom is -0.497 e. The van der Waals surface area contributed by atoms with Crippen molar-refractivity contribution < 1.29 is 19.1 Å². The summed E-state index contributed by atoms with van der Waals surface area (Å²) < 4.78 is 5.08. The van der Waals surface area contributed by atoms with Crippen molar-refractivity contribution in [3.8, 4) is 5.75 Å². The molecule has 0 aromatic heterocycles. The van der Waals surface area contributed by atoms with E-state index in [1.807, 2.05) is 30.3 Å². The number of ether oxygens (including phenoxy) is 1. The Balaban J connectivity index is 1.66. The normalized spacial score (nSPS) is 19.1. The molecule has 0 bridgehead atoms. The lowest BCUT2D eigenvalue weighted by molar-refractivity contribution is -0.134. The SMILES string of the molecule is COc1ccc(N2C(=O)[C@@H](NC(=O)Cc3ccccc3)[C@H]2C=O)cc1. The summed E-state index contributed by atoms with van der Waals surface area (Å²) in [7, 11) is 1.55. The number of carbonyl (C=O) groups excluding carboxylic acids is 3. The summed E-state index contributed by atoms with van der Waals surface area (Å²) in [4.78, 5) is 37.3. The summed E-state index contributed by atoms with van der Waals surface area (Å²) in [5.74, 6) is 0.0709. The van der Waals surface area contributed by atoms with Crippen molar-refractivity contribution in [1.29, 1.82) is 0 Å². The first kappa shape index (κ1) is 16.7. The summed E-state index contributed by atoms with van der Waals surface area (Å²) in [6.07, 6.45) is 0.845. The van der Waals surface area contributed by atoms with Gasteiger partial charge in [-0.15, -0.1) is 0 Å². The van der Waals surface area contributed by atoms with Gasteiger partial charge in [0, 0.05) is 5.69 Å². The second-order valence-electron chi connectivity index (χ2n) is 5.74. The topological polar surface area (TPSA) is 75.7 Å². The predicted octanol–water partition coefficient (Wildman–Crippen LogP) is 1.34. The zero-order valence-electron chi connectivity index (χ0n) is 13.7. The van der Waals surface area contributed by atoms with E-state index in [9.17, 15) is 14.4 Å². The molecular formula is C19H18N2O4. The number of rotatable bonds is 6. The molecule has 2 aromatic rings. The van der Waals surface area contributed by atoms with Crippen LogP contribution in [-0.4, -0.2) is 37.3 Å². The van der Waals surface area contributed by atoms with Crippen molar-refractivity contribution in [2.45, 2.75) is 18.5 Å². The Labute approximate surface area is 145 Å². The molecule has 2 amide bonds. The minimum atomic E-state index is -0.823. The molecule has 0 unspecified atom stereocenters. The first-order chi connectivity index (χ1) is 12.1. The van der Waals surface area contributed by atoms with Crippen LogP contribution in [0, 0.1) is 0 Å². The van der Waals surface area contributed by atoms with Gasteiger partial charge in [0.15, 0.2) is 0 Å². The third-order valence-corrected chi connectivity index (χ3v) is 4.16. The van der Waals surface area contributed by atoms with Crippen molar-refractivity contribution in [3.05, 3.63) is 60.2 Å². The molecule has 0 saturated carbocycles. The summed E-state index contributed by atoms with van der Waals surface area (Å²) in [5.41, 5.74) is 1.44. The first-order valence-corrected chi connectivity index (χ1v) is 7.89. The van der Waals surface area contributed by atoms with Crippen LogP contribution in [0.2, 0.25) is 0 Å². The standard InChI is InChI=1S/C19H18N2O4/c1-25-15-9-7-14(8-10-15)21-16(12-22)18(19(21)24)20-17(23)11-13-5-3-2-4-6-13/h2-10,12,16,18H,11H2,1H3,(H,20,23)/t16-,18+/m1/s1. The highest BCUT2D eigenvalue weighted by Gasteiger charge is 2.48. The Morgan fingerprint density at radius 2 is 1.84 bits per heavy atom. The van der Waals surface area contributed by atoms with Gasteiger partial charge in [-0.2, -0.15) is 0 Å². The highest BCUT2D eigenvalue weighted by atomic mass is 16.5. The zero-order valence-corrected chi connectivity index (χ0v) is 13.7. The molecule has 1 fully saturated rings. The third kappa shape index (κ3) is 3.38. The molecule has 3 rings (SSSR count). The molecule has 0 spiro atoms. The van der Waals surface area contributed by atoms with E-state index in [1.165, 1.54) is 4.90 Å². The molecule has 0 radical (unpaired) electrons. The number of hydrogen-bond acceptors (Lipinski definition) is 4. The van der Waals surface area contributed by atoms with Gasteiger partial charge in [-0.1, -0.05) is 30.3 Å². The van der Waals surface area contributed by atoms with Crippen LogP contribution < -0.4 is 15.0 Å². The van der Waals surface area contributed by atoms with Gasteiger partial charge in [-0.3, -0.25) is 14.5 Å². The van der Waals surface area contributed by atoms with E-state index in [1.54, 1.807) is 31.4 Å². The average Bonchev–Trinajstić information content (AvgIpc) is 2.65. The average molecular weight is 338 g/mol. The number of methoxy groups -OCH3 is 1. The van der Waals surface area contributed by atoms with Gasteiger partial charge in [-0.05, 0) is 29.8 Å². The van der Waals surface area contributed by atoms with Gasteiger partial charge < -0.3 is 14.8 Å².